The Morgan fingerprint density at radius 1 is 1.11 bits per heavy atom. The van der Waals surface area contributed by atoms with Crippen LogP contribution in [0.15, 0.2) is 24.3 Å². The third-order valence-electron chi connectivity index (χ3n) is 2.69. The summed E-state index contributed by atoms with van der Waals surface area (Å²) in [4.78, 5) is 0. The van der Waals surface area contributed by atoms with Gasteiger partial charge in [0.2, 0.25) is 10.0 Å². The van der Waals surface area contributed by atoms with Crippen molar-refractivity contribution in [2.24, 2.45) is 0 Å². The monoisotopic (exact) mass is 270 g/mol. The average molecular weight is 270 g/mol. The zero-order chi connectivity index (χ0) is 13.4. The second-order valence-corrected chi connectivity index (χ2v) is 6.26. The second-order valence-electron chi connectivity index (χ2n) is 4.46. The van der Waals surface area contributed by atoms with Gasteiger partial charge in [-0.05, 0) is 24.1 Å². The number of benzene rings is 1. The highest BCUT2D eigenvalue weighted by Crippen LogP contribution is 2.08. The van der Waals surface area contributed by atoms with Crippen LogP contribution >= 0.6 is 0 Å². The molecule has 1 aromatic rings. The van der Waals surface area contributed by atoms with Gasteiger partial charge in [-0.25, -0.2) is 13.1 Å². The lowest BCUT2D eigenvalue weighted by Crippen LogP contribution is -2.26. The normalized spacial score (nSPS) is 11.6. The van der Waals surface area contributed by atoms with Gasteiger partial charge in [0.05, 0.1) is 5.75 Å². The lowest BCUT2D eigenvalue weighted by atomic mass is 10.2. The number of anilines is 1. The maximum Gasteiger partial charge on any atom is 0.215 e. The summed E-state index contributed by atoms with van der Waals surface area (Å²) in [5.41, 5.74) is 6.95. The summed E-state index contributed by atoms with van der Waals surface area (Å²) in [6, 6.07) is 6.91. The molecule has 0 bridgehead atoms. The highest BCUT2D eigenvalue weighted by Gasteiger charge is 2.10. The zero-order valence-electron chi connectivity index (χ0n) is 10.9. The largest absolute Gasteiger partial charge is 0.399 e. The van der Waals surface area contributed by atoms with Crippen LogP contribution in [0.5, 0.6) is 0 Å². The fraction of sp³-hybridized carbons (Fsp3) is 0.538. The molecule has 0 saturated heterocycles. The fourth-order valence-corrected chi connectivity index (χ4v) is 2.85. The van der Waals surface area contributed by atoms with Gasteiger partial charge < -0.3 is 5.73 Å². The standard InChI is InChI=1S/C13H22N2O2S/c1-2-3-4-5-10-15-18(16,17)11-12-6-8-13(14)9-7-12/h6-9,15H,2-5,10-11,14H2,1H3. The first-order valence-corrected chi connectivity index (χ1v) is 8.00. The molecule has 102 valence electrons. The van der Waals surface area contributed by atoms with Gasteiger partial charge in [0.25, 0.3) is 0 Å². The van der Waals surface area contributed by atoms with Crippen LogP contribution in [0, 0.1) is 0 Å². The minimum Gasteiger partial charge on any atom is -0.399 e. The van der Waals surface area contributed by atoms with Crippen LogP contribution in [0.3, 0.4) is 0 Å². The maximum atomic E-state index is 11.8. The van der Waals surface area contributed by atoms with Crippen LogP contribution in [0.25, 0.3) is 0 Å². The zero-order valence-corrected chi connectivity index (χ0v) is 11.7. The number of nitrogen functional groups attached to an aromatic ring is 1. The lowest BCUT2D eigenvalue weighted by molar-refractivity contribution is 0.573. The molecule has 0 fully saturated rings. The number of hydrogen-bond acceptors (Lipinski definition) is 3. The molecule has 3 N–H and O–H groups in total. The van der Waals surface area contributed by atoms with E-state index in [4.69, 9.17) is 5.73 Å². The van der Waals surface area contributed by atoms with Gasteiger partial charge in [-0.15, -0.1) is 0 Å². The number of unbranched alkanes of at least 4 members (excludes halogenated alkanes) is 3. The molecular weight excluding hydrogens is 248 g/mol. The van der Waals surface area contributed by atoms with Crippen molar-refractivity contribution in [2.45, 2.75) is 38.4 Å². The Hall–Kier alpha value is -1.07. The summed E-state index contributed by atoms with van der Waals surface area (Å²) in [5.74, 6) is 0.0149. The summed E-state index contributed by atoms with van der Waals surface area (Å²) in [5, 5.41) is 0. The minimum atomic E-state index is -3.23. The van der Waals surface area contributed by atoms with Gasteiger partial charge in [-0.3, -0.25) is 0 Å². The summed E-state index contributed by atoms with van der Waals surface area (Å²) in [7, 11) is -3.23. The summed E-state index contributed by atoms with van der Waals surface area (Å²) in [6.45, 7) is 2.66. The molecule has 0 unspecified atom stereocenters. The predicted molar refractivity (Wildman–Crippen MR) is 75.6 cm³/mol. The molecule has 0 radical (unpaired) electrons. The Bertz CT molecular complexity index is 441. The molecule has 0 aliphatic carbocycles. The Morgan fingerprint density at radius 2 is 1.78 bits per heavy atom. The number of nitrogens with two attached hydrogens (primary N) is 1. The van der Waals surface area contributed by atoms with Crippen molar-refractivity contribution >= 4 is 15.7 Å². The highest BCUT2D eigenvalue weighted by atomic mass is 32.2. The highest BCUT2D eigenvalue weighted by molar-refractivity contribution is 7.88. The van der Waals surface area contributed by atoms with Crippen molar-refractivity contribution in [3.63, 3.8) is 0 Å². The first kappa shape index (κ1) is 15.0. The molecule has 5 heteroatoms. The molecule has 0 aliphatic rings. The Labute approximate surface area is 110 Å². The Balaban J connectivity index is 2.37. The van der Waals surface area contributed by atoms with Crippen LogP contribution in [0.2, 0.25) is 0 Å². The van der Waals surface area contributed by atoms with E-state index in [-0.39, 0.29) is 5.75 Å². The second kappa shape index (κ2) is 7.38. The molecule has 0 atom stereocenters. The van der Waals surface area contributed by atoms with Crippen molar-refractivity contribution in [3.8, 4) is 0 Å². The first-order valence-electron chi connectivity index (χ1n) is 6.35. The molecular formula is C13H22N2O2S. The van der Waals surface area contributed by atoms with Gasteiger partial charge in [0.15, 0.2) is 0 Å². The van der Waals surface area contributed by atoms with Gasteiger partial charge in [-0.2, -0.15) is 0 Å². The first-order chi connectivity index (χ1) is 8.53. The van der Waals surface area contributed by atoms with E-state index in [9.17, 15) is 8.42 Å². The van der Waals surface area contributed by atoms with E-state index >= 15 is 0 Å². The number of sulfonamides is 1. The summed E-state index contributed by atoms with van der Waals surface area (Å²) in [6.07, 6.45) is 4.27. The topological polar surface area (TPSA) is 72.2 Å². The molecule has 0 heterocycles. The molecule has 0 spiro atoms. The van der Waals surface area contributed by atoms with Crippen molar-refractivity contribution in [1.82, 2.24) is 4.72 Å². The third kappa shape index (κ3) is 6.02. The van der Waals surface area contributed by atoms with Crippen molar-refractivity contribution in [3.05, 3.63) is 29.8 Å². The van der Waals surface area contributed by atoms with Gasteiger partial charge in [0, 0.05) is 12.2 Å². The van der Waals surface area contributed by atoms with Crippen LogP contribution in [-0.2, 0) is 15.8 Å². The van der Waals surface area contributed by atoms with Crippen LogP contribution < -0.4 is 10.5 Å². The smallest absolute Gasteiger partial charge is 0.215 e. The van der Waals surface area contributed by atoms with Crippen molar-refractivity contribution < 1.29 is 8.42 Å². The number of rotatable bonds is 8. The quantitative estimate of drug-likeness (QED) is 0.562. The minimum absolute atomic E-state index is 0.0149. The van der Waals surface area contributed by atoms with Gasteiger partial charge in [-0.1, -0.05) is 38.3 Å². The summed E-state index contributed by atoms with van der Waals surface area (Å²) < 4.78 is 26.2. The molecule has 18 heavy (non-hydrogen) atoms. The number of nitrogens with one attached hydrogen (secondary N) is 1. The van der Waals surface area contributed by atoms with E-state index in [1.54, 1.807) is 24.3 Å². The van der Waals surface area contributed by atoms with Gasteiger partial charge in [0.1, 0.15) is 0 Å². The maximum absolute atomic E-state index is 11.8. The molecule has 0 amide bonds. The van der Waals surface area contributed by atoms with E-state index in [0.29, 0.717) is 12.2 Å². The SMILES string of the molecule is CCCCCCNS(=O)(=O)Cc1ccc(N)cc1. The van der Waals surface area contributed by atoms with E-state index in [1.807, 2.05) is 0 Å². The molecule has 1 rings (SSSR count). The number of hydrogen-bond donors (Lipinski definition) is 2. The fourth-order valence-electron chi connectivity index (χ4n) is 1.66. The van der Waals surface area contributed by atoms with E-state index in [1.165, 1.54) is 0 Å². The predicted octanol–water partition coefficient (Wildman–Crippen LogP) is 2.27. The molecule has 0 aliphatic heterocycles. The molecule has 1 aromatic carbocycles. The van der Waals surface area contributed by atoms with Crippen LogP contribution in [-0.4, -0.2) is 15.0 Å². The third-order valence-corrected chi connectivity index (χ3v) is 4.05. The lowest BCUT2D eigenvalue weighted by Gasteiger charge is -2.06. The van der Waals surface area contributed by atoms with Crippen LogP contribution in [0.1, 0.15) is 38.2 Å². The van der Waals surface area contributed by atoms with Gasteiger partial charge >= 0.3 is 0 Å². The van der Waals surface area contributed by atoms with Crippen LogP contribution in [0.4, 0.5) is 5.69 Å². The van der Waals surface area contributed by atoms with E-state index in [0.717, 1.165) is 31.2 Å². The Kier molecular flexibility index (Phi) is 6.15. The average Bonchev–Trinajstić information content (AvgIpc) is 2.31. The molecule has 0 aromatic heterocycles. The Morgan fingerprint density at radius 3 is 2.39 bits per heavy atom. The van der Waals surface area contributed by atoms with Crippen molar-refractivity contribution in [1.29, 1.82) is 0 Å². The van der Waals surface area contributed by atoms with E-state index in [2.05, 4.69) is 11.6 Å². The molecule has 4 nitrogen and oxygen atoms in total. The van der Waals surface area contributed by atoms with Crippen molar-refractivity contribution in [2.75, 3.05) is 12.3 Å². The molecule has 0 saturated carbocycles. The summed E-state index contributed by atoms with van der Waals surface area (Å²) >= 11 is 0. The van der Waals surface area contributed by atoms with E-state index < -0.39 is 10.0 Å².